The predicted molar refractivity (Wildman–Crippen MR) is 79.0 cm³/mol. The number of rotatable bonds is 5. The summed E-state index contributed by atoms with van der Waals surface area (Å²) < 4.78 is 9.99. The van der Waals surface area contributed by atoms with Crippen LogP contribution in [-0.4, -0.2) is 40.4 Å². The predicted octanol–water partition coefficient (Wildman–Crippen LogP) is 1.57. The van der Waals surface area contributed by atoms with Crippen LogP contribution in [-0.2, 0) is 14.3 Å². The summed E-state index contributed by atoms with van der Waals surface area (Å²) in [6.07, 6.45) is 0.885. The van der Waals surface area contributed by atoms with Gasteiger partial charge in [0, 0.05) is 12.4 Å². The van der Waals surface area contributed by atoms with Gasteiger partial charge in [-0.1, -0.05) is 0 Å². The Balaban J connectivity index is 2.89. The molecular formula is C15H22N2O5. The van der Waals surface area contributed by atoms with Crippen LogP contribution < -0.4 is 5.32 Å². The Morgan fingerprint density at radius 2 is 1.91 bits per heavy atom. The molecule has 0 unspecified atom stereocenters. The molecule has 0 aliphatic rings. The third kappa shape index (κ3) is 5.69. The first-order chi connectivity index (χ1) is 10.2. The fourth-order valence-corrected chi connectivity index (χ4v) is 1.69. The molecule has 2 atom stereocenters. The number of hydrogen-bond donors (Lipinski definition) is 2. The first kappa shape index (κ1) is 17.9. The van der Waals surface area contributed by atoms with Gasteiger partial charge in [-0.15, -0.1) is 0 Å². The Morgan fingerprint density at radius 1 is 1.32 bits per heavy atom. The van der Waals surface area contributed by atoms with E-state index in [-0.39, 0.29) is 6.61 Å². The van der Waals surface area contributed by atoms with Gasteiger partial charge in [-0.2, -0.15) is 0 Å². The van der Waals surface area contributed by atoms with Crippen LogP contribution in [0.5, 0.6) is 0 Å². The van der Waals surface area contributed by atoms with Gasteiger partial charge in [-0.05, 0) is 45.4 Å². The summed E-state index contributed by atoms with van der Waals surface area (Å²) in [5.74, 6) is -0.738. The Kier molecular flexibility index (Phi) is 6.30. The van der Waals surface area contributed by atoms with Crippen LogP contribution in [0.3, 0.4) is 0 Å². The van der Waals surface area contributed by atoms with Gasteiger partial charge in [0.15, 0.2) is 6.04 Å². The second-order valence-electron chi connectivity index (χ2n) is 5.60. The molecule has 0 aromatic carbocycles. The fourth-order valence-electron chi connectivity index (χ4n) is 1.69. The van der Waals surface area contributed by atoms with E-state index in [9.17, 15) is 14.7 Å². The highest BCUT2D eigenvalue weighted by Crippen LogP contribution is 2.18. The largest absolute Gasteiger partial charge is 0.464 e. The summed E-state index contributed by atoms with van der Waals surface area (Å²) in [5, 5.41) is 12.7. The highest BCUT2D eigenvalue weighted by Gasteiger charge is 2.32. The van der Waals surface area contributed by atoms with Crippen molar-refractivity contribution in [1.82, 2.24) is 10.3 Å². The lowest BCUT2D eigenvalue weighted by molar-refractivity contribution is -0.148. The minimum atomic E-state index is -1.27. The van der Waals surface area contributed by atoms with Crippen molar-refractivity contribution in [3.63, 3.8) is 0 Å². The maximum absolute atomic E-state index is 12.0. The fraction of sp³-hybridized carbons (Fsp3) is 0.533. The molecule has 0 spiro atoms. The van der Waals surface area contributed by atoms with E-state index in [0.717, 1.165) is 0 Å². The van der Waals surface area contributed by atoms with Gasteiger partial charge in [-0.3, -0.25) is 4.98 Å². The quantitative estimate of drug-likeness (QED) is 0.801. The number of aromatic nitrogens is 1. The van der Waals surface area contributed by atoms with Crippen molar-refractivity contribution < 1.29 is 24.2 Å². The van der Waals surface area contributed by atoms with Gasteiger partial charge in [0.2, 0.25) is 0 Å². The van der Waals surface area contributed by atoms with Crippen molar-refractivity contribution >= 4 is 12.1 Å². The molecule has 1 aromatic rings. The van der Waals surface area contributed by atoms with Gasteiger partial charge in [0.1, 0.15) is 11.7 Å². The Bertz CT molecular complexity index is 498. The van der Waals surface area contributed by atoms with E-state index < -0.39 is 29.8 Å². The molecule has 0 radical (unpaired) electrons. The molecule has 0 saturated carbocycles. The molecule has 7 nitrogen and oxygen atoms in total. The van der Waals surface area contributed by atoms with Crippen LogP contribution in [0.25, 0.3) is 0 Å². The van der Waals surface area contributed by atoms with E-state index in [2.05, 4.69) is 10.3 Å². The number of aliphatic hydroxyl groups is 1. The lowest BCUT2D eigenvalue weighted by Crippen LogP contribution is -2.47. The molecule has 0 aliphatic heterocycles. The first-order valence-electron chi connectivity index (χ1n) is 6.98. The number of aliphatic hydroxyl groups excluding tert-OH is 1. The van der Waals surface area contributed by atoms with Crippen molar-refractivity contribution in [1.29, 1.82) is 0 Å². The van der Waals surface area contributed by atoms with Crippen LogP contribution in [0.15, 0.2) is 24.5 Å². The second kappa shape index (κ2) is 7.74. The van der Waals surface area contributed by atoms with Crippen LogP contribution in [0.1, 0.15) is 39.4 Å². The van der Waals surface area contributed by atoms with Crippen LogP contribution >= 0.6 is 0 Å². The summed E-state index contributed by atoms with van der Waals surface area (Å²) in [6, 6.07) is 1.83. The number of nitrogens with one attached hydrogen (secondary N) is 1. The molecule has 0 bridgehead atoms. The zero-order valence-corrected chi connectivity index (χ0v) is 13.2. The third-order valence-corrected chi connectivity index (χ3v) is 2.58. The van der Waals surface area contributed by atoms with Crippen molar-refractivity contribution in [2.24, 2.45) is 0 Å². The molecule has 0 fully saturated rings. The van der Waals surface area contributed by atoms with E-state index in [0.29, 0.717) is 5.56 Å². The molecule has 0 saturated heterocycles. The molecule has 22 heavy (non-hydrogen) atoms. The van der Waals surface area contributed by atoms with Crippen LogP contribution in [0.4, 0.5) is 4.79 Å². The van der Waals surface area contributed by atoms with Crippen molar-refractivity contribution in [3.05, 3.63) is 30.1 Å². The maximum Gasteiger partial charge on any atom is 0.408 e. The van der Waals surface area contributed by atoms with E-state index in [4.69, 9.17) is 9.47 Å². The SMILES string of the molecule is CCOC(=O)[C@@H](NC(=O)OC(C)(C)C)[C@@H](O)c1ccncc1. The van der Waals surface area contributed by atoms with Crippen LogP contribution in [0.2, 0.25) is 0 Å². The molecule has 1 rings (SSSR count). The lowest BCUT2D eigenvalue weighted by Gasteiger charge is -2.25. The molecule has 7 heteroatoms. The van der Waals surface area contributed by atoms with Gasteiger partial charge in [0.05, 0.1) is 6.61 Å². The van der Waals surface area contributed by atoms with E-state index in [1.165, 1.54) is 12.4 Å². The zero-order chi connectivity index (χ0) is 16.8. The lowest BCUT2D eigenvalue weighted by atomic mass is 10.0. The second-order valence-corrected chi connectivity index (χ2v) is 5.60. The Morgan fingerprint density at radius 3 is 2.41 bits per heavy atom. The minimum Gasteiger partial charge on any atom is -0.464 e. The van der Waals surface area contributed by atoms with Gasteiger partial charge in [-0.25, -0.2) is 9.59 Å². The third-order valence-electron chi connectivity index (χ3n) is 2.58. The molecular weight excluding hydrogens is 288 g/mol. The smallest absolute Gasteiger partial charge is 0.408 e. The standard InChI is InChI=1S/C15H22N2O5/c1-5-21-13(19)11(17-14(20)22-15(2,3)4)12(18)10-6-8-16-9-7-10/h6-9,11-12,18H,5H2,1-4H3,(H,17,20)/t11-,12-/m0/s1. The van der Waals surface area contributed by atoms with Crippen molar-refractivity contribution in [2.75, 3.05) is 6.61 Å². The number of pyridine rings is 1. The van der Waals surface area contributed by atoms with E-state index in [1.54, 1.807) is 39.8 Å². The van der Waals surface area contributed by atoms with E-state index >= 15 is 0 Å². The summed E-state index contributed by atoms with van der Waals surface area (Å²) in [7, 11) is 0. The zero-order valence-electron chi connectivity index (χ0n) is 13.2. The van der Waals surface area contributed by atoms with Gasteiger partial charge < -0.3 is 19.9 Å². The normalized spacial score (nSPS) is 13.9. The summed E-state index contributed by atoms with van der Waals surface area (Å²) in [4.78, 5) is 27.7. The summed E-state index contributed by atoms with van der Waals surface area (Å²) in [6.45, 7) is 6.87. The number of carbonyl (C=O) groups is 2. The monoisotopic (exact) mass is 310 g/mol. The molecule has 1 heterocycles. The average molecular weight is 310 g/mol. The van der Waals surface area contributed by atoms with Crippen LogP contribution in [0, 0.1) is 0 Å². The number of nitrogens with zero attached hydrogens (tertiary/aromatic N) is 1. The molecule has 122 valence electrons. The number of hydrogen-bond acceptors (Lipinski definition) is 6. The summed E-state index contributed by atoms with van der Waals surface area (Å²) >= 11 is 0. The molecule has 1 amide bonds. The highest BCUT2D eigenvalue weighted by molar-refractivity contribution is 5.82. The summed E-state index contributed by atoms with van der Waals surface area (Å²) in [5.41, 5.74) is -0.283. The number of ether oxygens (including phenoxy) is 2. The topological polar surface area (TPSA) is 97.8 Å². The number of carbonyl (C=O) groups excluding carboxylic acids is 2. The first-order valence-corrected chi connectivity index (χ1v) is 6.98. The molecule has 1 aromatic heterocycles. The average Bonchev–Trinajstić information content (AvgIpc) is 2.43. The minimum absolute atomic E-state index is 0.133. The molecule has 0 aliphatic carbocycles. The number of amides is 1. The molecule has 2 N–H and O–H groups in total. The van der Waals surface area contributed by atoms with Crippen molar-refractivity contribution in [3.8, 4) is 0 Å². The Hall–Kier alpha value is -2.15. The number of esters is 1. The maximum atomic E-state index is 12.0. The Labute approximate surface area is 129 Å². The van der Waals surface area contributed by atoms with Gasteiger partial charge >= 0.3 is 12.1 Å². The van der Waals surface area contributed by atoms with E-state index in [1.807, 2.05) is 0 Å². The highest BCUT2D eigenvalue weighted by atomic mass is 16.6. The van der Waals surface area contributed by atoms with Gasteiger partial charge in [0.25, 0.3) is 0 Å². The number of alkyl carbamates (subject to hydrolysis) is 1. The van der Waals surface area contributed by atoms with Crippen molar-refractivity contribution in [2.45, 2.75) is 45.4 Å².